The number of hydrogen-bond donors (Lipinski definition) is 1. The van der Waals surface area contributed by atoms with Crippen LogP contribution in [-0.2, 0) is 42.9 Å². The standard InChI is InChI=1S/C21H26O10/c1-13(2)18(25)29-10-21(11-30-19(26)14(3)4,12-31-20(27)15(5)6)9-28-17(24)8-7-16(22)23/h7-8H,1,3,5,9-12H2,2,4,6H3,(H,22,23)/b8-7+. The van der Waals surface area contributed by atoms with Gasteiger partial charge in [-0.3, -0.25) is 0 Å². The van der Waals surface area contributed by atoms with Gasteiger partial charge in [-0.2, -0.15) is 0 Å². The second kappa shape index (κ2) is 12.8. The van der Waals surface area contributed by atoms with Crippen molar-refractivity contribution in [2.45, 2.75) is 20.8 Å². The quantitative estimate of drug-likeness (QED) is 0.255. The Morgan fingerprint density at radius 3 is 1.29 bits per heavy atom. The lowest BCUT2D eigenvalue weighted by Crippen LogP contribution is -2.44. The average molecular weight is 438 g/mol. The molecule has 0 saturated heterocycles. The summed E-state index contributed by atoms with van der Waals surface area (Å²) in [4.78, 5) is 57.9. The first-order valence-corrected chi connectivity index (χ1v) is 8.85. The molecule has 0 rings (SSSR count). The average Bonchev–Trinajstić information content (AvgIpc) is 2.69. The number of rotatable bonds is 13. The molecule has 0 aromatic carbocycles. The van der Waals surface area contributed by atoms with Crippen molar-refractivity contribution in [1.29, 1.82) is 0 Å². The molecule has 0 bridgehead atoms. The van der Waals surface area contributed by atoms with Crippen molar-refractivity contribution in [3.05, 3.63) is 48.6 Å². The van der Waals surface area contributed by atoms with E-state index in [-0.39, 0.29) is 16.7 Å². The van der Waals surface area contributed by atoms with Gasteiger partial charge in [0.25, 0.3) is 0 Å². The Morgan fingerprint density at radius 1 is 0.677 bits per heavy atom. The molecule has 0 spiro atoms. The Hall–Kier alpha value is -3.69. The van der Waals surface area contributed by atoms with Gasteiger partial charge in [0.1, 0.15) is 31.8 Å². The Bertz CT molecular complexity index is 729. The second-order valence-corrected chi connectivity index (χ2v) is 6.85. The van der Waals surface area contributed by atoms with Gasteiger partial charge >= 0.3 is 29.8 Å². The highest BCUT2D eigenvalue weighted by molar-refractivity contribution is 5.91. The minimum absolute atomic E-state index is 0.0770. The Morgan fingerprint density at radius 2 is 1.00 bits per heavy atom. The molecule has 10 heteroatoms. The maximum absolute atomic E-state index is 11.8. The number of carboxylic acids is 1. The summed E-state index contributed by atoms with van der Waals surface area (Å²) in [6.07, 6.45) is 1.22. The molecule has 0 fully saturated rings. The predicted molar refractivity (Wildman–Crippen MR) is 107 cm³/mol. The number of carboxylic acid groups (broad SMARTS) is 1. The van der Waals surface area contributed by atoms with Gasteiger partial charge in [0.2, 0.25) is 0 Å². The molecule has 170 valence electrons. The number of carbonyl (C=O) groups is 5. The molecule has 31 heavy (non-hydrogen) atoms. The van der Waals surface area contributed by atoms with Crippen LogP contribution in [-0.4, -0.2) is 61.4 Å². The van der Waals surface area contributed by atoms with Crippen molar-refractivity contribution >= 4 is 29.8 Å². The maximum Gasteiger partial charge on any atom is 0.333 e. The predicted octanol–water partition coefficient (Wildman–Crippen LogP) is 1.51. The molecule has 0 aliphatic carbocycles. The molecule has 0 aliphatic heterocycles. The molecule has 0 aromatic heterocycles. The zero-order valence-corrected chi connectivity index (χ0v) is 17.7. The molecule has 0 aromatic rings. The molecule has 0 saturated carbocycles. The molecule has 1 N–H and O–H groups in total. The highest BCUT2D eigenvalue weighted by Crippen LogP contribution is 2.23. The van der Waals surface area contributed by atoms with Gasteiger partial charge in [-0.1, -0.05) is 19.7 Å². The summed E-state index contributed by atoms with van der Waals surface area (Å²) in [7, 11) is 0. The molecular weight excluding hydrogens is 412 g/mol. The summed E-state index contributed by atoms with van der Waals surface area (Å²) in [5.74, 6) is -4.74. The lowest BCUT2D eigenvalue weighted by atomic mass is 9.92. The minimum atomic E-state index is -1.51. The Labute approximate surface area is 179 Å². The van der Waals surface area contributed by atoms with Crippen LogP contribution in [0.25, 0.3) is 0 Å². The number of ether oxygens (including phenoxy) is 4. The topological polar surface area (TPSA) is 143 Å². The van der Waals surface area contributed by atoms with Crippen LogP contribution < -0.4 is 0 Å². The van der Waals surface area contributed by atoms with Crippen molar-refractivity contribution < 1.29 is 48.0 Å². The molecule has 10 nitrogen and oxygen atoms in total. The SMILES string of the molecule is C=C(C)C(=O)OCC(COC(=O)/C=C/C(=O)O)(COC(=O)C(=C)C)COC(=O)C(=C)C. The van der Waals surface area contributed by atoms with Crippen LogP contribution in [0, 0.1) is 5.41 Å². The van der Waals surface area contributed by atoms with Crippen molar-refractivity contribution in [2.24, 2.45) is 5.41 Å². The van der Waals surface area contributed by atoms with Gasteiger partial charge in [0, 0.05) is 28.9 Å². The van der Waals surface area contributed by atoms with E-state index in [0.717, 1.165) is 0 Å². The van der Waals surface area contributed by atoms with E-state index < -0.39 is 61.7 Å². The van der Waals surface area contributed by atoms with Crippen LogP contribution in [0.2, 0.25) is 0 Å². The molecule has 0 amide bonds. The molecule has 0 atom stereocenters. The fourth-order valence-corrected chi connectivity index (χ4v) is 1.69. The van der Waals surface area contributed by atoms with E-state index in [1.165, 1.54) is 20.8 Å². The van der Waals surface area contributed by atoms with Crippen LogP contribution >= 0.6 is 0 Å². The van der Waals surface area contributed by atoms with E-state index in [4.69, 9.17) is 24.1 Å². The van der Waals surface area contributed by atoms with Crippen molar-refractivity contribution in [3.8, 4) is 0 Å². The number of esters is 4. The lowest BCUT2D eigenvalue weighted by Gasteiger charge is -2.31. The van der Waals surface area contributed by atoms with Gasteiger partial charge in [0.15, 0.2) is 0 Å². The third-order valence-corrected chi connectivity index (χ3v) is 3.46. The fourth-order valence-electron chi connectivity index (χ4n) is 1.69. The zero-order valence-electron chi connectivity index (χ0n) is 17.7. The van der Waals surface area contributed by atoms with Gasteiger partial charge in [-0.05, 0) is 20.8 Å². The van der Waals surface area contributed by atoms with E-state index in [0.29, 0.717) is 12.2 Å². The van der Waals surface area contributed by atoms with Crippen LogP contribution in [0.1, 0.15) is 20.8 Å². The van der Waals surface area contributed by atoms with Gasteiger partial charge in [-0.25, -0.2) is 24.0 Å². The van der Waals surface area contributed by atoms with Crippen molar-refractivity contribution in [2.75, 3.05) is 26.4 Å². The third kappa shape index (κ3) is 11.2. The van der Waals surface area contributed by atoms with Crippen LogP contribution in [0.4, 0.5) is 0 Å². The van der Waals surface area contributed by atoms with E-state index in [9.17, 15) is 24.0 Å². The molecular formula is C21H26O10. The summed E-state index contributed by atoms with van der Waals surface area (Å²) in [6.45, 7) is 12.6. The zero-order chi connectivity index (χ0) is 24.2. The van der Waals surface area contributed by atoms with E-state index in [1.54, 1.807) is 0 Å². The van der Waals surface area contributed by atoms with Crippen LogP contribution in [0.5, 0.6) is 0 Å². The van der Waals surface area contributed by atoms with Crippen molar-refractivity contribution in [3.63, 3.8) is 0 Å². The van der Waals surface area contributed by atoms with Crippen LogP contribution in [0.3, 0.4) is 0 Å². The largest absolute Gasteiger partial charge is 0.478 e. The molecule has 0 radical (unpaired) electrons. The van der Waals surface area contributed by atoms with Crippen molar-refractivity contribution in [1.82, 2.24) is 0 Å². The molecule has 0 aliphatic rings. The Balaban J connectivity index is 5.74. The summed E-state index contributed by atoms with van der Waals surface area (Å²) in [6, 6.07) is 0. The normalized spacial score (nSPS) is 10.7. The highest BCUT2D eigenvalue weighted by atomic mass is 16.6. The number of carbonyl (C=O) groups excluding carboxylic acids is 4. The van der Waals surface area contributed by atoms with E-state index in [2.05, 4.69) is 19.7 Å². The number of aliphatic carboxylic acids is 1. The van der Waals surface area contributed by atoms with Gasteiger partial charge < -0.3 is 24.1 Å². The van der Waals surface area contributed by atoms with E-state index >= 15 is 0 Å². The molecule has 0 heterocycles. The third-order valence-electron chi connectivity index (χ3n) is 3.46. The lowest BCUT2D eigenvalue weighted by molar-refractivity contribution is -0.165. The first-order chi connectivity index (χ1) is 14.3. The first kappa shape index (κ1) is 27.3. The van der Waals surface area contributed by atoms with Gasteiger partial charge in [-0.15, -0.1) is 0 Å². The maximum atomic E-state index is 11.8. The summed E-state index contributed by atoms with van der Waals surface area (Å²) >= 11 is 0. The monoisotopic (exact) mass is 438 g/mol. The number of hydrogen-bond acceptors (Lipinski definition) is 9. The van der Waals surface area contributed by atoms with Crippen LogP contribution in [0.15, 0.2) is 48.6 Å². The van der Waals surface area contributed by atoms with Gasteiger partial charge in [0.05, 0.1) is 0 Å². The van der Waals surface area contributed by atoms with E-state index in [1.807, 2.05) is 0 Å². The highest BCUT2D eigenvalue weighted by Gasteiger charge is 2.38. The smallest absolute Gasteiger partial charge is 0.333 e. The summed E-state index contributed by atoms with van der Waals surface area (Å²) in [5, 5.41) is 8.59. The second-order valence-electron chi connectivity index (χ2n) is 6.85. The summed E-state index contributed by atoms with van der Waals surface area (Å²) in [5.41, 5.74) is -1.27. The minimum Gasteiger partial charge on any atom is -0.478 e. The Kier molecular flexibility index (Phi) is 11.3. The summed E-state index contributed by atoms with van der Waals surface area (Å²) < 4.78 is 20.4. The molecule has 0 unspecified atom stereocenters. The first-order valence-electron chi connectivity index (χ1n) is 8.85. The fraction of sp³-hybridized carbons (Fsp3) is 0.381.